The molecule has 1 fully saturated rings. The van der Waals surface area contributed by atoms with Crippen LogP contribution in [0.5, 0.6) is 5.75 Å². The second kappa shape index (κ2) is 8.54. The molecule has 1 aromatic carbocycles. The number of urea groups is 1. The predicted molar refractivity (Wildman–Crippen MR) is 86.9 cm³/mol. The van der Waals surface area contributed by atoms with Gasteiger partial charge in [-0.3, -0.25) is 10.1 Å². The molecule has 3 N–H and O–H groups in total. The van der Waals surface area contributed by atoms with Crippen LogP contribution in [0.4, 0.5) is 4.79 Å². The summed E-state index contributed by atoms with van der Waals surface area (Å²) in [4.78, 5) is 35.1. The zero-order valence-corrected chi connectivity index (χ0v) is 13.8. The van der Waals surface area contributed by atoms with E-state index in [-0.39, 0.29) is 22.4 Å². The number of amides is 3. The summed E-state index contributed by atoms with van der Waals surface area (Å²) in [5.74, 6) is -1.97. The summed E-state index contributed by atoms with van der Waals surface area (Å²) in [6, 6.07) is 3.36. The van der Waals surface area contributed by atoms with Crippen LogP contribution >= 0.6 is 11.6 Å². The van der Waals surface area contributed by atoms with Gasteiger partial charge in [0.2, 0.25) is 0 Å². The Kier molecular flexibility index (Phi) is 6.43. The summed E-state index contributed by atoms with van der Waals surface area (Å²) in [5, 5.41) is 14.7. The van der Waals surface area contributed by atoms with Crippen LogP contribution < -0.4 is 10.6 Å². The number of esters is 1. The molecule has 0 atom stereocenters. The molecule has 0 aromatic heterocycles. The van der Waals surface area contributed by atoms with E-state index >= 15 is 0 Å². The van der Waals surface area contributed by atoms with Gasteiger partial charge in [0, 0.05) is 11.1 Å². The first-order valence-corrected chi connectivity index (χ1v) is 8.09. The van der Waals surface area contributed by atoms with E-state index in [2.05, 4.69) is 10.6 Å². The van der Waals surface area contributed by atoms with Crippen LogP contribution in [-0.4, -0.2) is 35.7 Å². The van der Waals surface area contributed by atoms with Crippen molar-refractivity contribution < 1.29 is 24.2 Å². The number of benzene rings is 1. The number of phenolic OH excluding ortho intramolecular Hbond substituents is 1. The van der Waals surface area contributed by atoms with Crippen LogP contribution in [0.2, 0.25) is 5.02 Å². The van der Waals surface area contributed by atoms with E-state index in [9.17, 15) is 19.5 Å². The number of imide groups is 1. The van der Waals surface area contributed by atoms with Crippen LogP contribution in [0.25, 0.3) is 0 Å². The van der Waals surface area contributed by atoms with Crippen LogP contribution in [0, 0.1) is 0 Å². The molecule has 2 rings (SSSR count). The molecule has 1 saturated carbocycles. The minimum absolute atomic E-state index is 0.0696. The number of rotatable bonds is 4. The third kappa shape index (κ3) is 5.42. The lowest BCUT2D eigenvalue weighted by Crippen LogP contribution is -2.46. The van der Waals surface area contributed by atoms with Crippen molar-refractivity contribution in [2.45, 2.75) is 38.1 Å². The maximum absolute atomic E-state index is 11.8. The van der Waals surface area contributed by atoms with E-state index < -0.39 is 24.5 Å². The second-order valence-electron chi connectivity index (χ2n) is 5.59. The zero-order valence-electron chi connectivity index (χ0n) is 13.0. The average molecular weight is 355 g/mol. The van der Waals surface area contributed by atoms with Gasteiger partial charge < -0.3 is 15.2 Å². The molecular weight excluding hydrogens is 336 g/mol. The predicted octanol–water partition coefficient (Wildman–Crippen LogP) is 2.36. The number of aromatic hydroxyl groups is 1. The number of hydrogen-bond donors (Lipinski definition) is 3. The lowest BCUT2D eigenvalue weighted by Gasteiger charge is -2.22. The Morgan fingerprint density at radius 1 is 1.21 bits per heavy atom. The molecule has 0 saturated heterocycles. The lowest BCUT2D eigenvalue weighted by atomic mass is 9.96. The first-order valence-electron chi connectivity index (χ1n) is 7.71. The molecule has 1 aliphatic rings. The van der Waals surface area contributed by atoms with Crippen molar-refractivity contribution in [3.8, 4) is 5.75 Å². The quantitative estimate of drug-likeness (QED) is 0.720. The Balaban J connectivity index is 1.75. The molecule has 0 radical (unpaired) electrons. The van der Waals surface area contributed by atoms with Crippen LogP contribution in [0.3, 0.4) is 0 Å². The highest BCUT2D eigenvalue weighted by molar-refractivity contribution is 6.30. The van der Waals surface area contributed by atoms with Crippen molar-refractivity contribution in [2.75, 3.05) is 6.61 Å². The molecule has 0 aliphatic heterocycles. The van der Waals surface area contributed by atoms with Crippen molar-refractivity contribution in [3.63, 3.8) is 0 Å². The summed E-state index contributed by atoms with van der Waals surface area (Å²) in [6.45, 7) is -0.626. The third-order valence-electron chi connectivity index (χ3n) is 3.71. The van der Waals surface area contributed by atoms with Gasteiger partial charge >= 0.3 is 12.0 Å². The van der Waals surface area contributed by atoms with Crippen molar-refractivity contribution in [3.05, 3.63) is 28.8 Å². The molecule has 1 aliphatic carbocycles. The van der Waals surface area contributed by atoms with E-state index in [0.717, 1.165) is 32.1 Å². The number of halogens is 1. The van der Waals surface area contributed by atoms with Crippen molar-refractivity contribution in [1.82, 2.24) is 10.6 Å². The number of hydrogen-bond acceptors (Lipinski definition) is 5. The normalized spacial score (nSPS) is 14.7. The van der Waals surface area contributed by atoms with E-state index in [0.29, 0.717) is 0 Å². The maximum atomic E-state index is 11.8. The monoisotopic (exact) mass is 354 g/mol. The molecule has 7 nitrogen and oxygen atoms in total. The van der Waals surface area contributed by atoms with Crippen molar-refractivity contribution in [2.24, 2.45) is 0 Å². The fourth-order valence-electron chi connectivity index (χ4n) is 2.52. The highest BCUT2D eigenvalue weighted by atomic mass is 35.5. The maximum Gasteiger partial charge on any atom is 0.342 e. The van der Waals surface area contributed by atoms with Gasteiger partial charge in [-0.15, -0.1) is 0 Å². The summed E-state index contributed by atoms with van der Waals surface area (Å²) in [6.07, 6.45) is 5.06. The SMILES string of the molecule is O=C(COC(=O)c1ccc(Cl)cc1O)NC(=O)NC1CCCCC1. The van der Waals surface area contributed by atoms with Gasteiger partial charge in [-0.25, -0.2) is 9.59 Å². The van der Waals surface area contributed by atoms with Gasteiger partial charge in [0.05, 0.1) is 0 Å². The number of carbonyl (C=O) groups is 3. The molecule has 24 heavy (non-hydrogen) atoms. The van der Waals surface area contributed by atoms with Crippen LogP contribution in [-0.2, 0) is 9.53 Å². The zero-order chi connectivity index (χ0) is 17.5. The Morgan fingerprint density at radius 3 is 2.58 bits per heavy atom. The first-order chi connectivity index (χ1) is 11.5. The number of nitrogens with one attached hydrogen (secondary N) is 2. The second-order valence-corrected chi connectivity index (χ2v) is 6.03. The van der Waals surface area contributed by atoms with E-state index in [1.807, 2.05) is 0 Å². The highest BCUT2D eigenvalue weighted by Crippen LogP contribution is 2.22. The van der Waals surface area contributed by atoms with E-state index in [1.165, 1.54) is 18.2 Å². The number of carbonyl (C=O) groups excluding carboxylic acids is 3. The molecule has 0 spiro atoms. The molecular formula is C16H19ClN2O5. The Bertz CT molecular complexity index is 629. The van der Waals surface area contributed by atoms with Crippen LogP contribution in [0.15, 0.2) is 18.2 Å². The molecule has 3 amide bonds. The molecule has 0 bridgehead atoms. The fourth-order valence-corrected chi connectivity index (χ4v) is 2.68. The van der Waals surface area contributed by atoms with Gasteiger partial charge in [-0.1, -0.05) is 30.9 Å². The highest BCUT2D eigenvalue weighted by Gasteiger charge is 2.18. The Morgan fingerprint density at radius 2 is 1.92 bits per heavy atom. The van der Waals surface area contributed by atoms with Gasteiger partial charge in [-0.05, 0) is 31.0 Å². The Labute approximate surface area is 144 Å². The van der Waals surface area contributed by atoms with Gasteiger partial charge in [-0.2, -0.15) is 0 Å². The fraction of sp³-hybridized carbons (Fsp3) is 0.438. The minimum atomic E-state index is -0.882. The van der Waals surface area contributed by atoms with Crippen molar-refractivity contribution >= 4 is 29.5 Å². The molecule has 0 heterocycles. The topological polar surface area (TPSA) is 105 Å². The van der Waals surface area contributed by atoms with Gasteiger partial charge in [0.1, 0.15) is 11.3 Å². The van der Waals surface area contributed by atoms with Gasteiger partial charge in [0.25, 0.3) is 5.91 Å². The smallest absolute Gasteiger partial charge is 0.342 e. The summed E-state index contributed by atoms with van der Waals surface area (Å²) < 4.78 is 4.77. The minimum Gasteiger partial charge on any atom is -0.507 e. The van der Waals surface area contributed by atoms with Crippen LogP contribution in [0.1, 0.15) is 42.5 Å². The van der Waals surface area contributed by atoms with Gasteiger partial charge in [0.15, 0.2) is 6.61 Å². The Hall–Kier alpha value is -2.28. The average Bonchev–Trinajstić information content (AvgIpc) is 2.53. The third-order valence-corrected chi connectivity index (χ3v) is 3.94. The lowest BCUT2D eigenvalue weighted by molar-refractivity contribution is -0.123. The molecule has 8 heteroatoms. The summed E-state index contributed by atoms with van der Waals surface area (Å²) in [7, 11) is 0. The molecule has 130 valence electrons. The van der Waals surface area contributed by atoms with Crippen molar-refractivity contribution in [1.29, 1.82) is 0 Å². The molecule has 0 unspecified atom stereocenters. The first kappa shape index (κ1) is 18.1. The largest absolute Gasteiger partial charge is 0.507 e. The van der Waals surface area contributed by atoms with E-state index in [1.54, 1.807) is 0 Å². The summed E-state index contributed by atoms with van der Waals surface area (Å²) >= 11 is 5.67. The summed E-state index contributed by atoms with van der Waals surface area (Å²) in [5.41, 5.74) is -0.112. The molecule has 1 aromatic rings. The van der Waals surface area contributed by atoms with E-state index in [4.69, 9.17) is 16.3 Å². The standard InChI is InChI=1S/C16H19ClN2O5/c17-10-6-7-12(13(20)8-10)15(22)24-9-14(21)19-16(23)18-11-4-2-1-3-5-11/h6-8,11,20H,1-5,9H2,(H2,18,19,21,23). The number of phenols is 1. The number of ether oxygens (including phenoxy) is 1.